The Hall–Kier alpha value is -2.63. The third-order valence-electron chi connectivity index (χ3n) is 3.70. The number of amidine groups is 1. The molecular formula is C15H17N5O. The van der Waals surface area contributed by atoms with E-state index in [-0.39, 0.29) is 5.84 Å². The molecule has 0 aliphatic carbocycles. The maximum Gasteiger partial charge on any atom is 0.173 e. The number of fused-ring (bicyclic) bond motifs is 1. The van der Waals surface area contributed by atoms with Crippen LogP contribution in [0.2, 0.25) is 0 Å². The minimum atomic E-state index is 0.0432. The first-order valence-electron chi connectivity index (χ1n) is 6.96. The Bertz CT molecular complexity index is 671. The van der Waals surface area contributed by atoms with Crippen molar-refractivity contribution >= 4 is 17.3 Å². The van der Waals surface area contributed by atoms with Gasteiger partial charge in [0.1, 0.15) is 0 Å². The van der Waals surface area contributed by atoms with Crippen LogP contribution in [0.4, 0.5) is 11.5 Å². The number of hydrogen-bond donors (Lipinski definition) is 2. The van der Waals surface area contributed by atoms with E-state index in [9.17, 15) is 0 Å². The van der Waals surface area contributed by atoms with Gasteiger partial charge in [-0.1, -0.05) is 23.4 Å². The van der Waals surface area contributed by atoms with Crippen molar-refractivity contribution in [3.05, 3.63) is 47.7 Å². The number of para-hydroxylation sites is 1. The number of nitrogens with two attached hydrogens (primary N) is 1. The van der Waals surface area contributed by atoms with Crippen LogP contribution in [0.25, 0.3) is 0 Å². The van der Waals surface area contributed by atoms with Gasteiger partial charge in [-0.2, -0.15) is 5.10 Å². The summed E-state index contributed by atoms with van der Waals surface area (Å²) in [5.74, 6) is 0.670. The number of benzene rings is 1. The van der Waals surface area contributed by atoms with Crippen molar-refractivity contribution in [2.24, 2.45) is 10.9 Å². The molecule has 0 saturated heterocycles. The number of aryl methyl sites for hydroxylation is 1. The Morgan fingerprint density at radius 1 is 1.24 bits per heavy atom. The average molecular weight is 283 g/mol. The van der Waals surface area contributed by atoms with Crippen molar-refractivity contribution in [3.63, 3.8) is 0 Å². The lowest BCUT2D eigenvalue weighted by Crippen LogP contribution is -2.25. The molecule has 0 spiro atoms. The van der Waals surface area contributed by atoms with Gasteiger partial charge >= 0.3 is 0 Å². The highest BCUT2D eigenvalue weighted by Crippen LogP contribution is 2.32. The van der Waals surface area contributed by atoms with Crippen molar-refractivity contribution in [1.82, 2.24) is 10.2 Å². The van der Waals surface area contributed by atoms with Gasteiger partial charge in [-0.15, -0.1) is 5.10 Å². The molecule has 0 unspecified atom stereocenters. The summed E-state index contributed by atoms with van der Waals surface area (Å²) in [5, 5.41) is 20.2. The third-order valence-corrected chi connectivity index (χ3v) is 3.70. The van der Waals surface area contributed by atoms with Gasteiger partial charge in [-0.3, -0.25) is 0 Å². The molecule has 0 radical (unpaired) electrons. The summed E-state index contributed by atoms with van der Waals surface area (Å²) in [6.07, 6.45) is 4.78. The Labute approximate surface area is 122 Å². The Kier molecular flexibility index (Phi) is 3.68. The summed E-state index contributed by atoms with van der Waals surface area (Å²) in [5.41, 5.74) is 8.75. The van der Waals surface area contributed by atoms with Crippen LogP contribution in [0.15, 0.2) is 41.7 Å². The van der Waals surface area contributed by atoms with E-state index < -0.39 is 0 Å². The number of hydrogen-bond acceptors (Lipinski definition) is 5. The molecule has 0 amide bonds. The molecule has 1 aliphatic rings. The monoisotopic (exact) mass is 283 g/mol. The van der Waals surface area contributed by atoms with Crippen LogP contribution in [0.1, 0.15) is 24.0 Å². The van der Waals surface area contributed by atoms with Crippen LogP contribution in [0, 0.1) is 0 Å². The molecule has 0 fully saturated rings. The highest BCUT2D eigenvalue weighted by molar-refractivity contribution is 6.02. The molecule has 3 N–H and O–H groups in total. The van der Waals surface area contributed by atoms with Crippen LogP contribution >= 0.6 is 0 Å². The molecule has 6 nitrogen and oxygen atoms in total. The third kappa shape index (κ3) is 2.52. The molecular weight excluding hydrogens is 266 g/mol. The van der Waals surface area contributed by atoms with Crippen LogP contribution in [-0.4, -0.2) is 27.8 Å². The number of rotatable bonds is 2. The predicted octanol–water partition coefficient (Wildman–Crippen LogP) is 2.05. The molecule has 3 rings (SSSR count). The van der Waals surface area contributed by atoms with Crippen molar-refractivity contribution in [2.45, 2.75) is 19.3 Å². The van der Waals surface area contributed by atoms with E-state index in [0.29, 0.717) is 11.4 Å². The fraction of sp³-hybridized carbons (Fsp3) is 0.267. The topological polar surface area (TPSA) is 87.6 Å². The second-order valence-corrected chi connectivity index (χ2v) is 4.99. The molecule has 108 valence electrons. The molecule has 0 atom stereocenters. The zero-order valence-electron chi connectivity index (χ0n) is 11.6. The summed E-state index contributed by atoms with van der Waals surface area (Å²) in [7, 11) is 0. The molecule has 0 saturated carbocycles. The van der Waals surface area contributed by atoms with Gasteiger partial charge in [-0.05, 0) is 37.0 Å². The van der Waals surface area contributed by atoms with Gasteiger partial charge in [0, 0.05) is 12.2 Å². The summed E-state index contributed by atoms with van der Waals surface area (Å²) >= 11 is 0. The number of aromatic nitrogens is 2. The van der Waals surface area contributed by atoms with Gasteiger partial charge in [-0.25, -0.2) is 0 Å². The maximum atomic E-state index is 8.96. The van der Waals surface area contributed by atoms with Crippen molar-refractivity contribution in [2.75, 3.05) is 11.4 Å². The zero-order chi connectivity index (χ0) is 14.7. The fourth-order valence-corrected chi connectivity index (χ4v) is 2.69. The second kappa shape index (κ2) is 5.78. The number of nitrogens with zero attached hydrogens (tertiary/aromatic N) is 4. The minimum Gasteiger partial charge on any atom is -0.409 e. The first kappa shape index (κ1) is 13.4. The second-order valence-electron chi connectivity index (χ2n) is 4.99. The zero-order valence-corrected chi connectivity index (χ0v) is 11.6. The highest BCUT2D eigenvalue weighted by Gasteiger charge is 2.21. The van der Waals surface area contributed by atoms with Crippen LogP contribution in [0.5, 0.6) is 0 Å². The van der Waals surface area contributed by atoms with E-state index >= 15 is 0 Å². The van der Waals surface area contributed by atoms with Gasteiger partial charge < -0.3 is 15.8 Å². The Morgan fingerprint density at radius 2 is 2.10 bits per heavy atom. The molecule has 1 aliphatic heterocycles. The highest BCUT2D eigenvalue weighted by atomic mass is 16.4. The lowest BCUT2D eigenvalue weighted by Gasteiger charge is -2.25. The number of oxime groups is 1. The lowest BCUT2D eigenvalue weighted by molar-refractivity contribution is 0.318. The van der Waals surface area contributed by atoms with E-state index in [2.05, 4.69) is 32.4 Å². The summed E-state index contributed by atoms with van der Waals surface area (Å²) in [6, 6.07) is 9.98. The fourth-order valence-electron chi connectivity index (χ4n) is 2.69. The van der Waals surface area contributed by atoms with Gasteiger partial charge in [0.15, 0.2) is 11.7 Å². The van der Waals surface area contributed by atoms with Gasteiger partial charge in [0.25, 0.3) is 0 Å². The van der Waals surface area contributed by atoms with E-state index in [4.69, 9.17) is 10.9 Å². The van der Waals surface area contributed by atoms with E-state index in [1.54, 1.807) is 12.3 Å². The average Bonchev–Trinajstić information content (AvgIpc) is 2.76. The molecule has 1 aromatic heterocycles. The van der Waals surface area contributed by atoms with Crippen LogP contribution < -0.4 is 10.6 Å². The van der Waals surface area contributed by atoms with Crippen molar-refractivity contribution in [1.29, 1.82) is 0 Å². The molecule has 6 heteroatoms. The van der Waals surface area contributed by atoms with E-state index in [1.807, 2.05) is 12.1 Å². The van der Waals surface area contributed by atoms with Crippen LogP contribution in [0.3, 0.4) is 0 Å². The van der Waals surface area contributed by atoms with Crippen molar-refractivity contribution in [3.8, 4) is 0 Å². The summed E-state index contributed by atoms with van der Waals surface area (Å²) < 4.78 is 0. The van der Waals surface area contributed by atoms with Crippen molar-refractivity contribution < 1.29 is 5.21 Å². The Morgan fingerprint density at radius 3 is 2.95 bits per heavy atom. The molecule has 0 bridgehead atoms. The van der Waals surface area contributed by atoms with Gasteiger partial charge in [0.2, 0.25) is 0 Å². The van der Waals surface area contributed by atoms with E-state index in [0.717, 1.165) is 31.5 Å². The molecule has 2 heterocycles. The smallest absolute Gasteiger partial charge is 0.173 e. The standard InChI is InChI=1S/C15H17N5O/c16-14(19-21)12-8-9-17-18-15(12)20-10-4-3-6-11-5-1-2-7-13(11)20/h1-2,5,7-9,21H,3-4,6,10H2,(H2,16,19). The number of anilines is 2. The summed E-state index contributed by atoms with van der Waals surface area (Å²) in [4.78, 5) is 2.10. The maximum absolute atomic E-state index is 8.96. The summed E-state index contributed by atoms with van der Waals surface area (Å²) in [6.45, 7) is 0.835. The molecule has 2 aromatic rings. The SMILES string of the molecule is N/C(=N/O)c1ccnnc1N1CCCCc2ccccc21. The molecule has 1 aromatic carbocycles. The largest absolute Gasteiger partial charge is 0.409 e. The quantitative estimate of drug-likeness (QED) is 0.381. The van der Waals surface area contributed by atoms with Gasteiger partial charge in [0.05, 0.1) is 11.8 Å². The molecule has 21 heavy (non-hydrogen) atoms. The van der Waals surface area contributed by atoms with E-state index in [1.165, 1.54) is 5.56 Å². The Balaban J connectivity index is 2.13. The van der Waals surface area contributed by atoms with Crippen LogP contribution in [-0.2, 0) is 6.42 Å². The predicted molar refractivity (Wildman–Crippen MR) is 80.9 cm³/mol. The minimum absolute atomic E-state index is 0.0432. The first-order chi connectivity index (χ1) is 10.3. The first-order valence-corrected chi connectivity index (χ1v) is 6.96. The lowest BCUT2D eigenvalue weighted by atomic mass is 10.1. The normalized spacial score (nSPS) is 15.4.